The minimum absolute atomic E-state index is 0.0158. The maximum atomic E-state index is 13.3. The monoisotopic (exact) mass is 460 g/mol. The summed E-state index contributed by atoms with van der Waals surface area (Å²) in [6.45, 7) is 6.92. The molecule has 0 saturated heterocycles. The molecule has 3 aromatic heterocycles. The molecule has 0 unspecified atom stereocenters. The van der Waals surface area contributed by atoms with Gasteiger partial charge >= 0.3 is 0 Å². The molecule has 32 heavy (non-hydrogen) atoms. The van der Waals surface area contributed by atoms with Gasteiger partial charge in [0.25, 0.3) is 5.56 Å². The van der Waals surface area contributed by atoms with Crippen LogP contribution < -0.4 is 5.56 Å². The number of aryl methyl sites for hydroxylation is 1. The summed E-state index contributed by atoms with van der Waals surface area (Å²) < 4.78 is 4.49. The second-order valence-electron chi connectivity index (χ2n) is 8.31. The van der Waals surface area contributed by atoms with Gasteiger partial charge in [0.05, 0.1) is 12.1 Å². The van der Waals surface area contributed by atoms with E-state index >= 15 is 0 Å². The summed E-state index contributed by atoms with van der Waals surface area (Å²) in [4.78, 5) is 13.3. The van der Waals surface area contributed by atoms with E-state index < -0.39 is 0 Å². The molecule has 7 heteroatoms. The molecule has 0 saturated carbocycles. The van der Waals surface area contributed by atoms with Crippen LogP contribution in [0.3, 0.4) is 0 Å². The molecule has 0 spiro atoms. The largest absolute Gasteiger partial charge is 0.273 e. The predicted molar refractivity (Wildman–Crippen MR) is 133 cm³/mol. The van der Waals surface area contributed by atoms with E-state index in [-0.39, 0.29) is 5.56 Å². The van der Waals surface area contributed by atoms with Crippen LogP contribution in [-0.4, -0.2) is 19.2 Å². The standard InChI is InChI=1S/C25H24N4OS2/c1-16(2)20-10-8-18(9-11-20)14-28-23(30)22-21(12-13-31-22)29-24(28)26-27-25(29)32-15-19-6-4-17(3)5-7-19/h4-13,16H,14-15H2,1-3H3. The van der Waals surface area contributed by atoms with Crippen molar-refractivity contribution in [3.8, 4) is 0 Å². The van der Waals surface area contributed by atoms with Crippen molar-refractivity contribution in [3.05, 3.63) is 92.6 Å². The van der Waals surface area contributed by atoms with Crippen molar-refractivity contribution in [2.75, 3.05) is 0 Å². The number of thioether (sulfide) groups is 1. The number of benzene rings is 2. The van der Waals surface area contributed by atoms with Crippen LogP contribution in [0.15, 0.2) is 69.9 Å². The van der Waals surface area contributed by atoms with Crippen LogP contribution in [0.1, 0.15) is 42.0 Å². The first-order valence-corrected chi connectivity index (χ1v) is 12.5. The van der Waals surface area contributed by atoms with Gasteiger partial charge in [-0.3, -0.25) is 13.8 Å². The van der Waals surface area contributed by atoms with Crippen molar-refractivity contribution in [2.45, 2.75) is 44.1 Å². The van der Waals surface area contributed by atoms with Crippen molar-refractivity contribution in [1.29, 1.82) is 0 Å². The van der Waals surface area contributed by atoms with Gasteiger partial charge in [-0.25, -0.2) is 0 Å². The van der Waals surface area contributed by atoms with Crippen molar-refractivity contribution in [1.82, 2.24) is 19.2 Å². The maximum Gasteiger partial charge on any atom is 0.273 e. The fourth-order valence-corrected chi connectivity index (χ4v) is 5.48. The Morgan fingerprint density at radius 2 is 1.69 bits per heavy atom. The zero-order valence-corrected chi connectivity index (χ0v) is 19.9. The molecule has 0 radical (unpaired) electrons. The van der Waals surface area contributed by atoms with E-state index in [1.807, 2.05) is 15.8 Å². The van der Waals surface area contributed by atoms with Gasteiger partial charge in [0.15, 0.2) is 5.16 Å². The molecule has 0 N–H and O–H groups in total. The molecule has 162 valence electrons. The van der Waals surface area contributed by atoms with Gasteiger partial charge in [0, 0.05) is 5.75 Å². The third kappa shape index (κ3) is 3.87. The number of aromatic nitrogens is 4. The van der Waals surface area contributed by atoms with Crippen LogP contribution in [-0.2, 0) is 12.3 Å². The molecule has 5 nitrogen and oxygen atoms in total. The van der Waals surface area contributed by atoms with E-state index in [1.54, 1.807) is 16.3 Å². The molecule has 5 rings (SSSR count). The highest BCUT2D eigenvalue weighted by Crippen LogP contribution is 2.27. The minimum Gasteiger partial charge on any atom is -0.271 e. The highest BCUT2D eigenvalue weighted by molar-refractivity contribution is 7.98. The number of fused-ring (bicyclic) bond motifs is 3. The molecule has 0 fully saturated rings. The van der Waals surface area contributed by atoms with Crippen LogP contribution in [0.5, 0.6) is 0 Å². The predicted octanol–water partition coefficient (Wildman–Crippen LogP) is 5.88. The molecular formula is C25H24N4OS2. The Morgan fingerprint density at radius 1 is 0.969 bits per heavy atom. The molecule has 5 aromatic rings. The van der Waals surface area contributed by atoms with E-state index in [0.29, 0.717) is 18.2 Å². The van der Waals surface area contributed by atoms with E-state index in [0.717, 1.165) is 26.7 Å². The second-order valence-corrected chi connectivity index (χ2v) is 10.2. The van der Waals surface area contributed by atoms with E-state index in [1.165, 1.54) is 28.0 Å². The van der Waals surface area contributed by atoms with Crippen LogP contribution in [0.4, 0.5) is 0 Å². The smallest absolute Gasteiger partial charge is 0.271 e. The van der Waals surface area contributed by atoms with Gasteiger partial charge < -0.3 is 0 Å². The molecule has 2 aromatic carbocycles. The lowest BCUT2D eigenvalue weighted by Crippen LogP contribution is -2.23. The summed E-state index contributed by atoms with van der Waals surface area (Å²) in [5, 5.41) is 11.7. The fourth-order valence-electron chi connectivity index (χ4n) is 3.76. The molecule has 0 aliphatic carbocycles. The summed E-state index contributed by atoms with van der Waals surface area (Å²) >= 11 is 3.11. The quantitative estimate of drug-likeness (QED) is 0.297. The Bertz CT molecular complexity index is 1440. The zero-order chi connectivity index (χ0) is 22.2. The van der Waals surface area contributed by atoms with Crippen molar-refractivity contribution >= 4 is 39.1 Å². The highest BCUT2D eigenvalue weighted by Gasteiger charge is 2.18. The van der Waals surface area contributed by atoms with Gasteiger partial charge in [-0.2, -0.15) is 0 Å². The molecule has 0 aliphatic heterocycles. The zero-order valence-electron chi connectivity index (χ0n) is 18.3. The lowest BCUT2D eigenvalue weighted by molar-refractivity contribution is 0.764. The van der Waals surface area contributed by atoms with E-state index in [4.69, 9.17) is 0 Å². The van der Waals surface area contributed by atoms with Crippen LogP contribution >= 0.6 is 23.1 Å². The average Bonchev–Trinajstić information content (AvgIpc) is 3.44. The lowest BCUT2D eigenvalue weighted by atomic mass is 10.0. The summed E-state index contributed by atoms with van der Waals surface area (Å²) in [6, 6.07) is 19.0. The molecule has 0 atom stereocenters. The van der Waals surface area contributed by atoms with Crippen LogP contribution in [0.25, 0.3) is 16.0 Å². The number of hydrogen-bond donors (Lipinski definition) is 0. The lowest BCUT2D eigenvalue weighted by Gasteiger charge is -2.11. The maximum absolute atomic E-state index is 13.3. The highest BCUT2D eigenvalue weighted by atomic mass is 32.2. The Kier molecular flexibility index (Phi) is 5.61. The van der Waals surface area contributed by atoms with Gasteiger partial charge in [-0.05, 0) is 41.0 Å². The first-order valence-electron chi connectivity index (χ1n) is 10.6. The number of thiophene rings is 1. The van der Waals surface area contributed by atoms with Crippen molar-refractivity contribution in [2.24, 2.45) is 0 Å². The first-order chi connectivity index (χ1) is 15.5. The minimum atomic E-state index is -0.0158. The van der Waals surface area contributed by atoms with Gasteiger partial charge in [-0.15, -0.1) is 21.5 Å². The average molecular weight is 461 g/mol. The molecular weight excluding hydrogens is 436 g/mol. The van der Waals surface area contributed by atoms with Gasteiger partial charge in [-0.1, -0.05) is 79.7 Å². The van der Waals surface area contributed by atoms with Gasteiger partial charge in [0.2, 0.25) is 5.78 Å². The topological polar surface area (TPSA) is 52.2 Å². The Balaban J connectivity index is 1.55. The molecule has 3 heterocycles. The summed E-state index contributed by atoms with van der Waals surface area (Å²) in [5.41, 5.74) is 5.70. The van der Waals surface area contributed by atoms with Gasteiger partial charge in [0.1, 0.15) is 4.70 Å². The van der Waals surface area contributed by atoms with Crippen LogP contribution in [0, 0.1) is 6.92 Å². The molecule has 0 aliphatic rings. The molecule has 0 bridgehead atoms. The Hall–Kier alpha value is -2.90. The van der Waals surface area contributed by atoms with E-state index in [2.05, 4.69) is 79.5 Å². The number of rotatable bonds is 6. The second kappa shape index (κ2) is 8.56. The number of hydrogen-bond acceptors (Lipinski definition) is 5. The van der Waals surface area contributed by atoms with E-state index in [9.17, 15) is 4.79 Å². The van der Waals surface area contributed by atoms with Crippen molar-refractivity contribution < 1.29 is 0 Å². The normalized spacial score (nSPS) is 11.8. The third-order valence-electron chi connectivity index (χ3n) is 5.66. The summed E-state index contributed by atoms with van der Waals surface area (Å²) in [6.07, 6.45) is 0. The fraction of sp³-hybridized carbons (Fsp3) is 0.240. The molecule has 0 amide bonds. The summed E-state index contributed by atoms with van der Waals surface area (Å²) in [5.74, 6) is 1.86. The van der Waals surface area contributed by atoms with Crippen molar-refractivity contribution in [3.63, 3.8) is 0 Å². The summed E-state index contributed by atoms with van der Waals surface area (Å²) in [7, 11) is 0. The first kappa shape index (κ1) is 21.0. The Labute approximate surface area is 194 Å². The Morgan fingerprint density at radius 3 is 2.41 bits per heavy atom. The third-order valence-corrected chi connectivity index (χ3v) is 7.55. The van der Waals surface area contributed by atoms with Crippen LogP contribution in [0.2, 0.25) is 0 Å². The number of nitrogens with zero attached hydrogens (tertiary/aromatic N) is 4. The SMILES string of the molecule is Cc1ccc(CSc2nnc3n(Cc4ccc(C(C)C)cc4)c(=O)c4sccc4n23)cc1.